The minimum atomic E-state index is -0.358. The van der Waals surface area contributed by atoms with E-state index in [1.165, 1.54) is 6.08 Å². The van der Waals surface area contributed by atoms with Crippen molar-refractivity contribution in [1.82, 2.24) is 0 Å². The Hall–Kier alpha value is -2.10. The Balaban J connectivity index is 2.58. The normalized spacial score (nSPS) is 12.1. The molecule has 0 saturated carbocycles. The Bertz CT molecular complexity index is 491. The van der Waals surface area contributed by atoms with E-state index in [9.17, 15) is 9.59 Å². The van der Waals surface area contributed by atoms with Gasteiger partial charge in [0.05, 0.1) is 6.61 Å². The summed E-state index contributed by atoms with van der Waals surface area (Å²) in [7, 11) is 0. The van der Waals surface area contributed by atoms with Crippen molar-refractivity contribution in [2.45, 2.75) is 33.6 Å². The molecular weight excluding hydrogens is 266 g/mol. The molecule has 114 valence electrons. The maximum atomic E-state index is 11.9. The lowest BCUT2D eigenvalue weighted by Crippen LogP contribution is -2.20. The predicted octanol–water partition coefficient (Wildman–Crippen LogP) is 3.64. The van der Waals surface area contributed by atoms with Crippen molar-refractivity contribution in [3.05, 3.63) is 35.9 Å². The molecular formula is C17H23NO3. The quantitative estimate of drug-likeness (QED) is 0.616. The van der Waals surface area contributed by atoms with Crippen LogP contribution in [0.1, 0.15) is 39.2 Å². The van der Waals surface area contributed by atoms with Gasteiger partial charge < -0.3 is 10.1 Å². The Morgan fingerprint density at radius 3 is 2.48 bits per heavy atom. The van der Waals surface area contributed by atoms with Crippen molar-refractivity contribution in [3.63, 3.8) is 0 Å². The number of hydrogen-bond donors (Lipinski definition) is 1. The number of benzene rings is 1. The van der Waals surface area contributed by atoms with Crippen molar-refractivity contribution >= 4 is 23.6 Å². The average Bonchev–Trinajstić information content (AvgIpc) is 2.47. The number of amides is 1. The fraction of sp³-hybridized carbons (Fsp3) is 0.412. The number of ether oxygens (including phenoxy) is 1. The van der Waals surface area contributed by atoms with Crippen LogP contribution < -0.4 is 5.32 Å². The highest BCUT2D eigenvalue weighted by molar-refractivity contribution is 5.92. The van der Waals surface area contributed by atoms with Gasteiger partial charge in [-0.2, -0.15) is 0 Å². The van der Waals surface area contributed by atoms with E-state index < -0.39 is 0 Å². The second kappa shape index (κ2) is 8.95. The lowest BCUT2D eigenvalue weighted by molar-refractivity contribution is -0.137. The highest BCUT2D eigenvalue weighted by Crippen LogP contribution is 2.14. The van der Waals surface area contributed by atoms with Crippen molar-refractivity contribution < 1.29 is 14.3 Å². The Labute approximate surface area is 126 Å². The molecule has 0 spiro atoms. The molecule has 1 atom stereocenters. The highest BCUT2D eigenvalue weighted by Gasteiger charge is 2.11. The molecule has 1 aromatic carbocycles. The molecule has 21 heavy (non-hydrogen) atoms. The molecule has 1 N–H and O–H groups in total. The van der Waals surface area contributed by atoms with Crippen LogP contribution in [-0.4, -0.2) is 18.5 Å². The van der Waals surface area contributed by atoms with Crippen LogP contribution in [0, 0.1) is 5.92 Å². The molecule has 0 radical (unpaired) electrons. The molecule has 0 saturated heterocycles. The molecule has 0 aliphatic heterocycles. The first-order valence-electron chi connectivity index (χ1n) is 7.32. The van der Waals surface area contributed by atoms with Crippen molar-refractivity contribution in [2.75, 3.05) is 11.9 Å². The summed E-state index contributed by atoms with van der Waals surface area (Å²) in [6.45, 7) is 6.12. The minimum Gasteiger partial charge on any atom is -0.463 e. The van der Waals surface area contributed by atoms with Gasteiger partial charge in [-0.3, -0.25) is 4.79 Å². The van der Waals surface area contributed by atoms with Gasteiger partial charge in [-0.05, 0) is 37.1 Å². The summed E-state index contributed by atoms with van der Waals surface area (Å²) >= 11 is 0. The maximum absolute atomic E-state index is 11.9. The van der Waals surface area contributed by atoms with E-state index >= 15 is 0 Å². The van der Waals surface area contributed by atoms with Gasteiger partial charge in [-0.15, -0.1) is 0 Å². The molecule has 1 amide bonds. The van der Waals surface area contributed by atoms with Gasteiger partial charge in [0.25, 0.3) is 0 Å². The van der Waals surface area contributed by atoms with Crippen LogP contribution in [0.3, 0.4) is 0 Å². The first-order valence-corrected chi connectivity index (χ1v) is 7.32. The van der Waals surface area contributed by atoms with Gasteiger partial charge in [0.2, 0.25) is 5.91 Å². The number of hydrogen-bond acceptors (Lipinski definition) is 3. The maximum Gasteiger partial charge on any atom is 0.330 e. The zero-order valence-corrected chi connectivity index (χ0v) is 12.9. The largest absolute Gasteiger partial charge is 0.463 e. The number of anilines is 1. The summed E-state index contributed by atoms with van der Waals surface area (Å²) in [4.78, 5) is 23.1. The lowest BCUT2D eigenvalue weighted by atomic mass is 10.1. The Kier molecular flexibility index (Phi) is 7.23. The van der Waals surface area contributed by atoms with E-state index in [2.05, 4.69) is 12.2 Å². The van der Waals surface area contributed by atoms with E-state index in [1.54, 1.807) is 13.0 Å². The van der Waals surface area contributed by atoms with E-state index in [0.717, 1.165) is 24.1 Å². The summed E-state index contributed by atoms with van der Waals surface area (Å²) in [6, 6.07) is 7.33. The van der Waals surface area contributed by atoms with Gasteiger partial charge in [-0.1, -0.05) is 32.4 Å². The van der Waals surface area contributed by atoms with Crippen molar-refractivity contribution in [2.24, 2.45) is 5.92 Å². The molecule has 0 aliphatic rings. The summed E-state index contributed by atoms with van der Waals surface area (Å²) in [5, 5.41) is 2.88. The fourth-order valence-electron chi connectivity index (χ4n) is 1.86. The number of carbonyl (C=O) groups is 2. The van der Waals surface area contributed by atoms with E-state index in [-0.39, 0.29) is 17.8 Å². The fourth-order valence-corrected chi connectivity index (χ4v) is 1.86. The molecule has 0 aliphatic carbocycles. The monoisotopic (exact) mass is 289 g/mol. The van der Waals surface area contributed by atoms with E-state index in [0.29, 0.717) is 6.61 Å². The first-order chi connectivity index (χ1) is 10.1. The standard InChI is InChI=1S/C17H23NO3/c1-4-6-13(3)17(20)18-15-10-7-14(8-11-15)9-12-16(19)21-5-2/h7-13H,4-6H2,1-3H3,(H,18,20)/b12-9+. The van der Waals surface area contributed by atoms with Crippen LogP contribution >= 0.6 is 0 Å². The summed E-state index contributed by atoms with van der Waals surface area (Å²) in [5.41, 5.74) is 1.64. The van der Waals surface area contributed by atoms with E-state index in [1.807, 2.05) is 31.2 Å². The molecule has 4 heteroatoms. The second-order valence-electron chi connectivity index (χ2n) is 4.89. The third kappa shape index (κ3) is 6.25. The molecule has 0 bridgehead atoms. The zero-order valence-electron chi connectivity index (χ0n) is 12.9. The topological polar surface area (TPSA) is 55.4 Å². The van der Waals surface area contributed by atoms with Gasteiger partial charge in [0.1, 0.15) is 0 Å². The van der Waals surface area contributed by atoms with Gasteiger partial charge in [0, 0.05) is 17.7 Å². The molecule has 0 heterocycles. The van der Waals surface area contributed by atoms with Gasteiger partial charge >= 0.3 is 5.97 Å². The minimum absolute atomic E-state index is 0.0124. The van der Waals surface area contributed by atoms with Gasteiger partial charge in [0.15, 0.2) is 0 Å². The number of carbonyl (C=O) groups excluding carboxylic acids is 2. The summed E-state index contributed by atoms with van der Waals surface area (Å²) in [5.74, 6) is -0.312. The molecule has 1 rings (SSSR count). The third-order valence-corrected chi connectivity index (χ3v) is 3.05. The van der Waals surface area contributed by atoms with Crippen LogP contribution in [-0.2, 0) is 14.3 Å². The smallest absolute Gasteiger partial charge is 0.330 e. The lowest BCUT2D eigenvalue weighted by Gasteiger charge is -2.11. The number of nitrogens with one attached hydrogen (secondary N) is 1. The summed E-state index contributed by atoms with van der Waals surface area (Å²) < 4.78 is 4.81. The second-order valence-corrected chi connectivity index (χ2v) is 4.89. The molecule has 1 aromatic rings. The van der Waals surface area contributed by atoms with Gasteiger partial charge in [-0.25, -0.2) is 4.79 Å². The van der Waals surface area contributed by atoms with Crippen molar-refractivity contribution in [1.29, 1.82) is 0 Å². The SMILES string of the molecule is CCCC(C)C(=O)Nc1ccc(/C=C/C(=O)OCC)cc1. The molecule has 4 nitrogen and oxygen atoms in total. The average molecular weight is 289 g/mol. The molecule has 0 aromatic heterocycles. The Morgan fingerprint density at radius 1 is 1.24 bits per heavy atom. The highest BCUT2D eigenvalue weighted by atomic mass is 16.5. The number of esters is 1. The summed E-state index contributed by atoms with van der Waals surface area (Å²) in [6.07, 6.45) is 4.95. The van der Waals surface area contributed by atoms with Crippen LogP contribution in [0.4, 0.5) is 5.69 Å². The third-order valence-electron chi connectivity index (χ3n) is 3.05. The van der Waals surface area contributed by atoms with Crippen molar-refractivity contribution in [3.8, 4) is 0 Å². The number of rotatable bonds is 7. The van der Waals surface area contributed by atoms with Crippen LogP contribution in [0.5, 0.6) is 0 Å². The van der Waals surface area contributed by atoms with Crippen LogP contribution in [0.15, 0.2) is 30.3 Å². The molecule has 1 unspecified atom stereocenters. The van der Waals surface area contributed by atoms with Crippen LogP contribution in [0.2, 0.25) is 0 Å². The van der Waals surface area contributed by atoms with Crippen LogP contribution in [0.25, 0.3) is 6.08 Å². The molecule has 0 fully saturated rings. The predicted molar refractivity (Wildman–Crippen MR) is 84.8 cm³/mol. The van der Waals surface area contributed by atoms with E-state index in [4.69, 9.17) is 4.74 Å². The zero-order chi connectivity index (χ0) is 15.7. The first kappa shape index (κ1) is 17.0. The Morgan fingerprint density at radius 2 is 1.90 bits per heavy atom.